The lowest BCUT2D eigenvalue weighted by atomic mass is 10.0. The van der Waals surface area contributed by atoms with Gasteiger partial charge in [-0.25, -0.2) is 4.79 Å². The number of nitrogens with one attached hydrogen (secondary N) is 2. The molecule has 0 saturated heterocycles. The molecule has 6 nitrogen and oxygen atoms in total. The van der Waals surface area contributed by atoms with Crippen molar-refractivity contribution in [2.24, 2.45) is 0 Å². The molecule has 0 fully saturated rings. The standard InChI is InChI=1S/C21H20N2O4/c1-12-7-8-15(13(2)9-12)20(25)23-18(21(26)27)10-14-11-19(24)22-17-6-4-3-5-16(14)17/h3-9,11,18H,10H2,1-2H3,(H,22,24)(H,23,25)(H,26,27). The normalized spacial score (nSPS) is 11.9. The van der Waals surface area contributed by atoms with E-state index in [2.05, 4.69) is 10.3 Å². The van der Waals surface area contributed by atoms with Crippen molar-refractivity contribution in [3.05, 3.63) is 81.1 Å². The van der Waals surface area contributed by atoms with Gasteiger partial charge in [0.05, 0.1) is 0 Å². The summed E-state index contributed by atoms with van der Waals surface area (Å²) in [6, 6.07) is 12.8. The summed E-state index contributed by atoms with van der Waals surface area (Å²) in [5.41, 5.74) is 3.12. The van der Waals surface area contributed by atoms with E-state index in [1.165, 1.54) is 6.07 Å². The zero-order valence-corrected chi connectivity index (χ0v) is 15.1. The second-order valence-corrected chi connectivity index (χ2v) is 6.59. The molecule has 3 rings (SSSR count). The fourth-order valence-electron chi connectivity index (χ4n) is 3.17. The first-order chi connectivity index (χ1) is 12.8. The first kappa shape index (κ1) is 18.4. The van der Waals surface area contributed by atoms with E-state index in [1.54, 1.807) is 18.2 Å². The first-order valence-corrected chi connectivity index (χ1v) is 8.57. The van der Waals surface area contributed by atoms with Crippen LogP contribution in [0.2, 0.25) is 0 Å². The summed E-state index contributed by atoms with van der Waals surface area (Å²) in [7, 11) is 0. The van der Waals surface area contributed by atoms with Crippen molar-refractivity contribution in [3.63, 3.8) is 0 Å². The van der Waals surface area contributed by atoms with Gasteiger partial charge in [-0.05, 0) is 37.1 Å². The summed E-state index contributed by atoms with van der Waals surface area (Å²) >= 11 is 0. The quantitative estimate of drug-likeness (QED) is 0.648. The Morgan fingerprint density at radius 2 is 1.85 bits per heavy atom. The predicted octanol–water partition coefficient (Wildman–Crippen LogP) is 2.57. The minimum Gasteiger partial charge on any atom is -0.480 e. The zero-order chi connectivity index (χ0) is 19.6. The van der Waals surface area contributed by atoms with Crippen molar-refractivity contribution in [3.8, 4) is 0 Å². The Morgan fingerprint density at radius 3 is 2.56 bits per heavy atom. The summed E-state index contributed by atoms with van der Waals surface area (Å²) in [5, 5.41) is 12.9. The number of benzene rings is 2. The van der Waals surface area contributed by atoms with Crippen LogP contribution in [0.1, 0.15) is 27.0 Å². The van der Waals surface area contributed by atoms with Gasteiger partial charge in [0.25, 0.3) is 5.91 Å². The van der Waals surface area contributed by atoms with E-state index < -0.39 is 17.9 Å². The van der Waals surface area contributed by atoms with Crippen molar-refractivity contribution < 1.29 is 14.7 Å². The van der Waals surface area contributed by atoms with Gasteiger partial charge in [-0.2, -0.15) is 0 Å². The van der Waals surface area contributed by atoms with E-state index >= 15 is 0 Å². The lowest BCUT2D eigenvalue weighted by Crippen LogP contribution is -2.42. The van der Waals surface area contributed by atoms with E-state index in [-0.39, 0.29) is 12.0 Å². The minimum absolute atomic E-state index is 0.0103. The van der Waals surface area contributed by atoms with Crippen molar-refractivity contribution in [2.45, 2.75) is 26.3 Å². The van der Waals surface area contributed by atoms with Crippen LogP contribution in [-0.4, -0.2) is 28.0 Å². The van der Waals surface area contributed by atoms with E-state index in [0.717, 1.165) is 16.5 Å². The number of hydrogen-bond acceptors (Lipinski definition) is 3. The third kappa shape index (κ3) is 4.06. The highest BCUT2D eigenvalue weighted by molar-refractivity contribution is 5.98. The molecule has 1 atom stereocenters. The number of hydrogen-bond donors (Lipinski definition) is 3. The number of carboxylic acids is 1. The van der Waals surface area contributed by atoms with Crippen LogP contribution >= 0.6 is 0 Å². The Labute approximate surface area is 155 Å². The Bertz CT molecular complexity index is 1080. The third-order valence-electron chi connectivity index (χ3n) is 4.49. The highest BCUT2D eigenvalue weighted by Gasteiger charge is 2.23. The number of aryl methyl sites for hydroxylation is 2. The van der Waals surface area contributed by atoms with Crippen molar-refractivity contribution >= 4 is 22.8 Å². The molecule has 2 aromatic carbocycles. The predicted molar refractivity (Wildman–Crippen MR) is 103 cm³/mol. The number of carbonyl (C=O) groups is 2. The molecule has 0 bridgehead atoms. The number of carboxylic acid groups (broad SMARTS) is 1. The van der Waals surface area contributed by atoms with Crippen LogP contribution in [-0.2, 0) is 11.2 Å². The molecule has 0 radical (unpaired) electrons. The van der Waals surface area contributed by atoms with E-state index in [0.29, 0.717) is 16.6 Å². The van der Waals surface area contributed by atoms with Gasteiger partial charge in [0, 0.05) is 29.0 Å². The van der Waals surface area contributed by atoms with Crippen LogP contribution in [0.3, 0.4) is 0 Å². The molecule has 138 valence electrons. The number of carbonyl (C=O) groups excluding carboxylic acids is 1. The lowest BCUT2D eigenvalue weighted by molar-refractivity contribution is -0.139. The Kier molecular flexibility index (Phi) is 5.07. The van der Waals surface area contributed by atoms with Crippen LogP contribution in [0.4, 0.5) is 0 Å². The monoisotopic (exact) mass is 364 g/mol. The largest absolute Gasteiger partial charge is 0.480 e. The van der Waals surface area contributed by atoms with Gasteiger partial charge in [-0.15, -0.1) is 0 Å². The molecular formula is C21H20N2O4. The van der Waals surface area contributed by atoms with Crippen LogP contribution in [0.15, 0.2) is 53.3 Å². The molecule has 0 aliphatic carbocycles. The maximum absolute atomic E-state index is 12.6. The summed E-state index contributed by atoms with van der Waals surface area (Å²) in [5.74, 6) is -1.61. The first-order valence-electron chi connectivity index (χ1n) is 8.57. The van der Waals surface area contributed by atoms with E-state index in [1.807, 2.05) is 38.1 Å². The molecule has 1 aromatic heterocycles. The van der Waals surface area contributed by atoms with E-state index in [9.17, 15) is 19.5 Å². The molecule has 0 spiro atoms. The van der Waals surface area contributed by atoms with Gasteiger partial charge in [-0.3, -0.25) is 9.59 Å². The van der Waals surface area contributed by atoms with Gasteiger partial charge < -0.3 is 15.4 Å². The number of pyridine rings is 1. The molecule has 27 heavy (non-hydrogen) atoms. The average molecular weight is 364 g/mol. The summed E-state index contributed by atoms with van der Waals surface area (Å²) in [4.78, 5) is 38.9. The molecule has 1 heterocycles. The SMILES string of the molecule is Cc1ccc(C(=O)NC(Cc2cc(=O)[nH]c3ccccc23)C(=O)O)c(C)c1. The second kappa shape index (κ2) is 7.45. The van der Waals surface area contributed by atoms with Crippen molar-refractivity contribution in [1.29, 1.82) is 0 Å². The topological polar surface area (TPSA) is 99.3 Å². The highest BCUT2D eigenvalue weighted by Crippen LogP contribution is 2.17. The molecule has 0 saturated carbocycles. The molecule has 3 N–H and O–H groups in total. The second-order valence-electron chi connectivity index (χ2n) is 6.59. The third-order valence-corrected chi connectivity index (χ3v) is 4.49. The highest BCUT2D eigenvalue weighted by atomic mass is 16.4. The fraction of sp³-hybridized carbons (Fsp3) is 0.190. The molecule has 0 aliphatic heterocycles. The molecule has 0 aliphatic rings. The molecule has 3 aromatic rings. The minimum atomic E-state index is -1.16. The van der Waals surface area contributed by atoms with Crippen LogP contribution in [0.25, 0.3) is 10.9 Å². The Hall–Kier alpha value is -3.41. The van der Waals surface area contributed by atoms with Gasteiger partial charge in [-0.1, -0.05) is 35.9 Å². The smallest absolute Gasteiger partial charge is 0.326 e. The van der Waals surface area contributed by atoms with Gasteiger partial charge in [0.15, 0.2) is 0 Å². The maximum Gasteiger partial charge on any atom is 0.326 e. The fourth-order valence-corrected chi connectivity index (χ4v) is 3.17. The maximum atomic E-state index is 12.6. The Morgan fingerprint density at radius 1 is 1.11 bits per heavy atom. The number of H-pyrrole nitrogens is 1. The number of aromatic amines is 1. The molecule has 6 heteroatoms. The van der Waals surface area contributed by atoms with Gasteiger partial charge >= 0.3 is 5.97 Å². The summed E-state index contributed by atoms with van der Waals surface area (Å²) in [6.45, 7) is 3.73. The molecular weight excluding hydrogens is 344 g/mol. The van der Waals surface area contributed by atoms with Crippen molar-refractivity contribution in [2.75, 3.05) is 0 Å². The van der Waals surface area contributed by atoms with Gasteiger partial charge in [0.2, 0.25) is 5.56 Å². The molecule has 1 unspecified atom stereocenters. The number of fused-ring (bicyclic) bond motifs is 1. The number of aromatic nitrogens is 1. The lowest BCUT2D eigenvalue weighted by Gasteiger charge is -2.17. The number of amides is 1. The molecule has 1 amide bonds. The van der Waals surface area contributed by atoms with Crippen LogP contribution in [0, 0.1) is 13.8 Å². The van der Waals surface area contributed by atoms with Crippen molar-refractivity contribution in [1.82, 2.24) is 10.3 Å². The van der Waals surface area contributed by atoms with Crippen LogP contribution < -0.4 is 10.9 Å². The number of rotatable bonds is 5. The Balaban J connectivity index is 1.90. The number of para-hydroxylation sites is 1. The van der Waals surface area contributed by atoms with Gasteiger partial charge in [0.1, 0.15) is 6.04 Å². The average Bonchev–Trinajstić information content (AvgIpc) is 2.60. The van der Waals surface area contributed by atoms with Crippen LogP contribution in [0.5, 0.6) is 0 Å². The van der Waals surface area contributed by atoms with E-state index in [4.69, 9.17) is 0 Å². The zero-order valence-electron chi connectivity index (χ0n) is 15.1. The summed E-state index contributed by atoms with van der Waals surface area (Å²) < 4.78 is 0. The summed E-state index contributed by atoms with van der Waals surface area (Å²) in [6.07, 6.45) is 0.0103. The number of aliphatic carboxylic acids is 1.